The van der Waals surface area contributed by atoms with Crippen LogP contribution < -0.4 is 15.7 Å². The summed E-state index contributed by atoms with van der Waals surface area (Å²) < 4.78 is 10.4. The van der Waals surface area contributed by atoms with Gasteiger partial charge in [-0.05, 0) is 24.3 Å². The van der Waals surface area contributed by atoms with Crippen LogP contribution in [-0.2, 0) is 0 Å². The number of methoxy groups -OCH3 is 1. The van der Waals surface area contributed by atoms with Crippen molar-refractivity contribution in [1.29, 1.82) is 5.26 Å². The fourth-order valence-corrected chi connectivity index (χ4v) is 3.75. The van der Waals surface area contributed by atoms with Crippen LogP contribution in [0.1, 0.15) is 5.01 Å². The number of hydrogen-bond donors (Lipinski definition) is 1. The minimum Gasteiger partial charge on any atom is -0.496 e. The summed E-state index contributed by atoms with van der Waals surface area (Å²) in [4.78, 5) is 27.6. The number of ether oxygens (including phenoxy) is 1. The Morgan fingerprint density at radius 1 is 1.31 bits per heavy atom. The molecule has 0 unspecified atom stereocenters. The van der Waals surface area contributed by atoms with Crippen molar-refractivity contribution in [1.82, 2.24) is 4.98 Å². The van der Waals surface area contributed by atoms with Crippen LogP contribution in [0.2, 0.25) is 0 Å². The lowest BCUT2D eigenvalue weighted by Gasteiger charge is -2.05. The van der Waals surface area contributed by atoms with Crippen molar-refractivity contribution in [2.24, 2.45) is 0 Å². The molecule has 0 aliphatic rings. The molecule has 10 heteroatoms. The molecule has 1 N–H and O–H groups in total. The number of benzene rings is 2. The van der Waals surface area contributed by atoms with E-state index in [-0.39, 0.29) is 22.5 Å². The largest absolute Gasteiger partial charge is 0.496 e. The van der Waals surface area contributed by atoms with Crippen molar-refractivity contribution in [2.45, 2.75) is 0 Å². The van der Waals surface area contributed by atoms with Gasteiger partial charge in [-0.25, -0.2) is 9.78 Å². The second kappa shape index (κ2) is 8.71. The number of fused-ring (bicyclic) bond motifs is 1. The van der Waals surface area contributed by atoms with E-state index in [1.165, 1.54) is 36.8 Å². The second-order valence-electron chi connectivity index (χ2n) is 6.48. The molecule has 9 nitrogen and oxygen atoms in total. The molecule has 4 rings (SSSR count). The van der Waals surface area contributed by atoms with Crippen molar-refractivity contribution < 1.29 is 14.1 Å². The summed E-state index contributed by atoms with van der Waals surface area (Å²) in [5, 5.41) is 26.4. The highest BCUT2D eigenvalue weighted by Gasteiger charge is 2.16. The molecular weight excluding hydrogens is 432 g/mol. The summed E-state index contributed by atoms with van der Waals surface area (Å²) in [5.41, 5.74) is 0.733. The standard InChI is InChI=1S/C22H14N4O5S/c1-30-15-6-7-17(19(9-15)26(28)29)24-11-14(10-23)21-25-18(12-32-21)16-8-13-4-2-3-5-20(13)31-22(16)27/h2-9,11-12,24H,1H3/b14-11+. The first-order valence-corrected chi connectivity index (χ1v) is 10.1. The Kier molecular flexibility index (Phi) is 5.65. The molecule has 0 amide bonds. The van der Waals surface area contributed by atoms with Gasteiger partial charge in [-0.3, -0.25) is 10.1 Å². The number of thiazole rings is 1. The Morgan fingerprint density at radius 3 is 2.88 bits per heavy atom. The molecule has 2 aromatic carbocycles. The Hall–Kier alpha value is -4.49. The number of anilines is 1. The van der Waals surface area contributed by atoms with E-state index in [9.17, 15) is 20.2 Å². The van der Waals surface area contributed by atoms with Gasteiger partial charge >= 0.3 is 5.63 Å². The number of nitrogens with zero attached hydrogens (tertiary/aromatic N) is 3. The van der Waals surface area contributed by atoms with Crippen LogP contribution in [0, 0.1) is 21.4 Å². The molecule has 0 aliphatic carbocycles. The van der Waals surface area contributed by atoms with E-state index in [2.05, 4.69) is 10.3 Å². The van der Waals surface area contributed by atoms with Gasteiger partial charge in [0.15, 0.2) is 0 Å². The van der Waals surface area contributed by atoms with Crippen molar-refractivity contribution in [2.75, 3.05) is 12.4 Å². The molecule has 0 bridgehead atoms. The SMILES string of the molecule is COc1ccc(N/C=C(\C#N)c2nc(-c3cc4ccccc4oc3=O)cs2)c([N+](=O)[O-])c1. The summed E-state index contributed by atoms with van der Waals surface area (Å²) in [7, 11) is 1.41. The van der Waals surface area contributed by atoms with Gasteiger partial charge in [-0.2, -0.15) is 5.26 Å². The third-order valence-electron chi connectivity index (χ3n) is 4.55. The number of rotatable bonds is 6. The summed E-state index contributed by atoms with van der Waals surface area (Å²) in [5.74, 6) is 0.338. The maximum atomic E-state index is 12.4. The van der Waals surface area contributed by atoms with Gasteiger partial charge in [0.25, 0.3) is 5.69 Å². The first kappa shape index (κ1) is 20.8. The van der Waals surface area contributed by atoms with Crippen LogP contribution >= 0.6 is 11.3 Å². The van der Waals surface area contributed by atoms with E-state index in [1.54, 1.807) is 29.6 Å². The Labute approximate surface area is 185 Å². The lowest BCUT2D eigenvalue weighted by atomic mass is 10.1. The van der Waals surface area contributed by atoms with Crippen molar-refractivity contribution in [3.63, 3.8) is 0 Å². The molecule has 2 heterocycles. The molecule has 0 spiro atoms. The van der Waals surface area contributed by atoms with Crippen LogP contribution in [0.4, 0.5) is 11.4 Å². The highest BCUT2D eigenvalue weighted by Crippen LogP contribution is 2.30. The average molecular weight is 446 g/mol. The number of allylic oxidation sites excluding steroid dienone is 1. The van der Waals surface area contributed by atoms with Crippen LogP contribution in [0.15, 0.2) is 69.3 Å². The number of aromatic nitrogens is 1. The van der Waals surface area contributed by atoms with Crippen LogP contribution in [0.5, 0.6) is 5.75 Å². The second-order valence-corrected chi connectivity index (χ2v) is 7.34. The zero-order valence-corrected chi connectivity index (χ0v) is 17.4. The third kappa shape index (κ3) is 4.05. The van der Waals surface area contributed by atoms with Gasteiger partial charge in [-0.1, -0.05) is 18.2 Å². The predicted molar refractivity (Wildman–Crippen MR) is 120 cm³/mol. The van der Waals surface area contributed by atoms with E-state index >= 15 is 0 Å². The number of nitriles is 1. The molecule has 158 valence electrons. The highest BCUT2D eigenvalue weighted by molar-refractivity contribution is 7.11. The normalized spacial score (nSPS) is 11.2. The van der Waals surface area contributed by atoms with Gasteiger partial charge in [0.2, 0.25) is 0 Å². The van der Waals surface area contributed by atoms with E-state index in [0.717, 1.165) is 5.39 Å². The zero-order valence-electron chi connectivity index (χ0n) is 16.6. The molecule has 0 aliphatic heterocycles. The van der Waals surface area contributed by atoms with Gasteiger partial charge in [-0.15, -0.1) is 11.3 Å². The lowest BCUT2D eigenvalue weighted by Crippen LogP contribution is -2.03. The highest BCUT2D eigenvalue weighted by atomic mass is 32.1. The van der Waals surface area contributed by atoms with Crippen molar-refractivity contribution >= 4 is 39.3 Å². The zero-order chi connectivity index (χ0) is 22.7. The molecular formula is C22H14N4O5S. The number of hydrogen-bond acceptors (Lipinski definition) is 9. The fourth-order valence-electron chi connectivity index (χ4n) is 2.96. The first-order chi connectivity index (χ1) is 15.5. The Bertz CT molecular complexity index is 1470. The number of para-hydroxylation sites is 1. The van der Waals surface area contributed by atoms with Crippen LogP contribution in [-0.4, -0.2) is 17.0 Å². The predicted octanol–water partition coefficient (Wildman–Crippen LogP) is 4.81. The molecule has 32 heavy (non-hydrogen) atoms. The van der Waals surface area contributed by atoms with Crippen LogP contribution in [0.3, 0.4) is 0 Å². The van der Waals surface area contributed by atoms with E-state index < -0.39 is 10.5 Å². The van der Waals surface area contributed by atoms with E-state index in [0.29, 0.717) is 22.0 Å². The number of nitro groups is 1. The third-order valence-corrected chi connectivity index (χ3v) is 5.42. The average Bonchev–Trinajstić information content (AvgIpc) is 3.28. The van der Waals surface area contributed by atoms with Crippen LogP contribution in [0.25, 0.3) is 27.8 Å². The molecule has 0 fully saturated rings. The topological polar surface area (TPSA) is 131 Å². The molecule has 0 radical (unpaired) electrons. The number of nitro benzene ring substituents is 1. The molecule has 0 saturated carbocycles. The van der Waals surface area contributed by atoms with Crippen molar-refractivity contribution in [3.8, 4) is 23.1 Å². The van der Waals surface area contributed by atoms with E-state index in [4.69, 9.17) is 9.15 Å². The summed E-state index contributed by atoms with van der Waals surface area (Å²) in [6.45, 7) is 0. The van der Waals surface area contributed by atoms with Gasteiger partial charge in [0, 0.05) is 17.0 Å². The fraction of sp³-hybridized carbons (Fsp3) is 0.0455. The summed E-state index contributed by atoms with van der Waals surface area (Å²) in [6.07, 6.45) is 1.33. The Morgan fingerprint density at radius 2 is 2.12 bits per heavy atom. The minimum atomic E-state index is -0.550. The molecule has 2 aromatic heterocycles. The Balaban J connectivity index is 1.66. The first-order valence-electron chi connectivity index (χ1n) is 9.18. The van der Waals surface area contributed by atoms with E-state index in [1.807, 2.05) is 18.2 Å². The maximum absolute atomic E-state index is 12.4. The lowest BCUT2D eigenvalue weighted by molar-refractivity contribution is -0.384. The van der Waals surface area contributed by atoms with Gasteiger partial charge in [0.05, 0.1) is 29.4 Å². The smallest absolute Gasteiger partial charge is 0.345 e. The molecule has 0 saturated heterocycles. The monoisotopic (exact) mass is 446 g/mol. The summed E-state index contributed by atoms with van der Waals surface area (Å²) >= 11 is 1.17. The maximum Gasteiger partial charge on any atom is 0.345 e. The van der Waals surface area contributed by atoms with Gasteiger partial charge < -0.3 is 14.5 Å². The minimum absolute atomic E-state index is 0.150. The molecule has 4 aromatic rings. The van der Waals surface area contributed by atoms with Crippen molar-refractivity contribution in [3.05, 3.63) is 85.7 Å². The quantitative estimate of drug-likeness (QED) is 0.193. The molecule has 0 atom stereocenters. The summed E-state index contributed by atoms with van der Waals surface area (Å²) in [6, 6.07) is 15.2. The number of nitrogens with one attached hydrogen (secondary N) is 1. The van der Waals surface area contributed by atoms with Gasteiger partial charge in [0.1, 0.15) is 33.7 Å².